The Bertz CT molecular complexity index is 1660. The number of aliphatic hydroxyl groups excluding tert-OH is 1. The average Bonchev–Trinajstić information content (AvgIpc) is 2.82. The first-order chi connectivity index (χ1) is 17.1. The molecule has 1 heterocycles. The SMILES string of the molecule is Cc1ccc2c(c1)C(O)=C(C(c1cc(F)c(F)c(F)c1)c1c(O)c3cc(C)ccc3oc1=O)C(=O)C2. The molecule has 1 unspecified atom stereocenters. The number of benzene rings is 3. The number of aliphatic hydroxyl groups is 1. The minimum atomic E-state index is -1.74. The van der Waals surface area contributed by atoms with Crippen molar-refractivity contribution >= 4 is 22.5 Å². The van der Waals surface area contributed by atoms with E-state index in [9.17, 15) is 33.0 Å². The molecule has 0 amide bonds. The van der Waals surface area contributed by atoms with Crippen molar-refractivity contribution < 1.29 is 32.6 Å². The van der Waals surface area contributed by atoms with Gasteiger partial charge >= 0.3 is 5.63 Å². The molecule has 36 heavy (non-hydrogen) atoms. The fourth-order valence-corrected chi connectivity index (χ4v) is 4.70. The number of hydrogen-bond acceptors (Lipinski definition) is 5. The molecular weight excluding hydrogens is 473 g/mol. The van der Waals surface area contributed by atoms with Crippen molar-refractivity contribution in [2.75, 3.05) is 0 Å². The van der Waals surface area contributed by atoms with Gasteiger partial charge in [0.05, 0.1) is 22.4 Å². The summed E-state index contributed by atoms with van der Waals surface area (Å²) < 4.78 is 47.9. The average molecular weight is 492 g/mol. The van der Waals surface area contributed by atoms with Gasteiger partial charge in [-0.15, -0.1) is 0 Å². The molecule has 0 saturated carbocycles. The van der Waals surface area contributed by atoms with Crippen LogP contribution in [0.1, 0.15) is 39.3 Å². The first-order valence-corrected chi connectivity index (χ1v) is 11.0. The van der Waals surface area contributed by atoms with Gasteiger partial charge in [0.15, 0.2) is 23.2 Å². The Morgan fingerprint density at radius 1 is 0.889 bits per heavy atom. The lowest BCUT2D eigenvalue weighted by atomic mass is 9.76. The molecule has 5 nitrogen and oxygen atoms in total. The molecule has 0 spiro atoms. The maximum Gasteiger partial charge on any atom is 0.344 e. The minimum absolute atomic E-state index is 0.0520. The molecule has 0 radical (unpaired) electrons. The van der Waals surface area contributed by atoms with Gasteiger partial charge in [-0.25, -0.2) is 18.0 Å². The summed E-state index contributed by atoms with van der Waals surface area (Å²) in [6.45, 7) is 3.52. The van der Waals surface area contributed by atoms with Crippen LogP contribution >= 0.6 is 0 Å². The van der Waals surface area contributed by atoms with Crippen LogP contribution in [0.15, 0.2) is 63.3 Å². The fourth-order valence-electron chi connectivity index (χ4n) is 4.70. The summed E-state index contributed by atoms with van der Waals surface area (Å²) in [5, 5.41) is 22.5. The van der Waals surface area contributed by atoms with E-state index in [1.165, 1.54) is 12.1 Å². The van der Waals surface area contributed by atoms with Gasteiger partial charge in [-0.2, -0.15) is 0 Å². The standard InChI is InChI=1S/C28H19F3O5/c1-12-3-5-14-11-20(32)23(26(33)16(14)7-12)22(15-9-18(29)25(31)19(30)10-15)24-27(34)17-8-13(2)4-6-21(17)36-28(24)35/h3-10,22,33-34H,11H2,1-2H3. The summed E-state index contributed by atoms with van der Waals surface area (Å²) in [6.07, 6.45) is -0.170. The summed E-state index contributed by atoms with van der Waals surface area (Å²) >= 11 is 0. The van der Waals surface area contributed by atoms with E-state index < -0.39 is 51.9 Å². The van der Waals surface area contributed by atoms with E-state index in [0.29, 0.717) is 28.8 Å². The number of rotatable bonds is 3. The maximum atomic E-state index is 14.3. The number of Topliss-reactive ketones (excluding diaryl/α,β-unsaturated/α-hetero) is 1. The fraction of sp³-hybridized carbons (Fsp3) is 0.143. The van der Waals surface area contributed by atoms with Gasteiger partial charge in [-0.05, 0) is 55.3 Å². The van der Waals surface area contributed by atoms with Crippen molar-refractivity contribution in [3.05, 3.63) is 115 Å². The number of fused-ring (bicyclic) bond motifs is 2. The van der Waals surface area contributed by atoms with E-state index >= 15 is 0 Å². The molecule has 1 atom stereocenters. The molecule has 4 aromatic rings. The third kappa shape index (κ3) is 3.66. The first kappa shape index (κ1) is 23.4. The van der Waals surface area contributed by atoms with E-state index in [1.54, 1.807) is 38.1 Å². The molecule has 0 aliphatic heterocycles. The van der Waals surface area contributed by atoms with Crippen LogP contribution in [-0.2, 0) is 11.2 Å². The Kier molecular flexibility index (Phi) is 5.47. The van der Waals surface area contributed by atoms with Gasteiger partial charge < -0.3 is 14.6 Å². The summed E-state index contributed by atoms with van der Waals surface area (Å²) in [4.78, 5) is 26.5. The predicted molar refractivity (Wildman–Crippen MR) is 126 cm³/mol. The van der Waals surface area contributed by atoms with Crippen molar-refractivity contribution in [2.45, 2.75) is 26.2 Å². The number of carbonyl (C=O) groups is 1. The highest BCUT2D eigenvalue weighted by Gasteiger charge is 2.37. The highest BCUT2D eigenvalue weighted by Crippen LogP contribution is 2.44. The first-order valence-electron chi connectivity index (χ1n) is 11.0. The van der Waals surface area contributed by atoms with Crippen LogP contribution in [-0.4, -0.2) is 16.0 Å². The number of hydrogen-bond donors (Lipinski definition) is 2. The van der Waals surface area contributed by atoms with Gasteiger partial charge in [-0.3, -0.25) is 4.79 Å². The molecule has 0 bridgehead atoms. The number of carbonyl (C=O) groups excluding carboxylic acids is 1. The zero-order valence-corrected chi connectivity index (χ0v) is 19.2. The molecule has 3 aromatic carbocycles. The Labute approximate surface area is 202 Å². The number of aromatic hydroxyl groups is 1. The highest BCUT2D eigenvalue weighted by molar-refractivity contribution is 6.07. The molecule has 5 rings (SSSR count). The van der Waals surface area contributed by atoms with Crippen molar-refractivity contribution in [3.63, 3.8) is 0 Å². The number of halogens is 3. The highest BCUT2D eigenvalue weighted by atomic mass is 19.2. The van der Waals surface area contributed by atoms with Gasteiger partial charge in [0.1, 0.15) is 17.1 Å². The maximum absolute atomic E-state index is 14.3. The monoisotopic (exact) mass is 492 g/mol. The van der Waals surface area contributed by atoms with E-state index in [2.05, 4.69) is 0 Å². The van der Waals surface area contributed by atoms with Crippen LogP contribution in [0.5, 0.6) is 5.75 Å². The zero-order chi connectivity index (χ0) is 25.9. The topological polar surface area (TPSA) is 87.7 Å². The molecule has 0 fully saturated rings. The van der Waals surface area contributed by atoms with Crippen LogP contribution < -0.4 is 5.63 Å². The predicted octanol–water partition coefficient (Wildman–Crippen LogP) is 5.76. The molecule has 1 aliphatic rings. The minimum Gasteiger partial charge on any atom is -0.507 e. The Morgan fingerprint density at radius 2 is 1.53 bits per heavy atom. The molecule has 0 saturated heterocycles. The second-order valence-corrected chi connectivity index (χ2v) is 8.91. The lowest BCUT2D eigenvalue weighted by Gasteiger charge is -2.26. The normalized spacial score (nSPS) is 14.3. The van der Waals surface area contributed by atoms with E-state index in [-0.39, 0.29) is 28.5 Å². The lowest BCUT2D eigenvalue weighted by molar-refractivity contribution is -0.115. The summed E-state index contributed by atoms with van der Waals surface area (Å²) in [5.41, 5.74) is 0.0507. The second-order valence-electron chi connectivity index (χ2n) is 8.91. The Morgan fingerprint density at radius 3 is 2.22 bits per heavy atom. The van der Waals surface area contributed by atoms with Gasteiger partial charge in [-0.1, -0.05) is 29.3 Å². The smallest absolute Gasteiger partial charge is 0.344 e. The zero-order valence-electron chi connectivity index (χ0n) is 19.2. The van der Waals surface area contributed by atoms with Crippen LogP contribution in [0.2, 0.25) is 0 Å². The van der Waals surface area contributed by atoms with Crippen LogP contribution in [0.3, 0.4) is 0 Å². The van der Waals surface area contributed by atoms with Gasteiger partial charge in [0.2, 0.25) is 0 Å². The van der Waals surface area contributed by atoms with Crippen molar-refractivity contribution in [1.29, 1.82) is 0 Å². The molecule has 8 heteroatoms. The van der Waals surface area contributed by atoms with Gasteiger partial charge in [0, 0.05) is 12.0 Å². The van der Waals surface area contributed by atoms with Crippen LogP contribution in [0.4, 0.5) is 13.2 Å². The van der Waals surface area contributed by atoms with Crippen molar-refractivity contribution in [1.82, 2.24) is 0 Å². The molecule has 182 valence electrons. The molecule has 1 aliphatic carbocycles. The number of allylic oxidation sites excluding steroid dienone is 1. The number of ketones is 1. The Hall–Kier alpha value is -4.33. The van der Waals surface area contributed by atoms with E-state index in [1.807, 2.05) is 0 Å². The number of aryl methyl sites for hydroxylation is 2. The molecule has 2 N–H and O–H groups in total. The third-order valence-electron chi connectivity index (χ3n) is 6.41. The Balaban J connectivity index is 1.90. The summed E-state index contributed by atoms with van der Waals surface area (Å²) in [7, 11) is 0. The quantitative estimate of drug-likeness (QED) is 0.281. The molecular formula is C28H19F3O5. The second kappa shape index (κ2) is 8.41. The van der Waals surface area contributed by atoms with E-state index in [4.69, 9.17) is 4.42 Å². The van der Waals surface area contributed by atoms with Crippen LogP contribution in [0, 0.1) is 31.3 Å². The van der Waals surface area contributed by atoms with Crippen LogP contribution in [0.25, 0.3) is 16.7 Å². The summed E-state index contributed by atoms with van der Waals surface area (Å²) in [5.74, 6) is -8.24. The van der Waals surface area contributed by atoms with Crippen molar-refractivity contribution in [2.24, 2.45) is 0 Å². The third-order valence-corrected chi connectivity index (χ3v) is 6.41. The van der Waals surface area contributed by atoms with Gasteiger partial charge in [0.25, 0.3) is 0 Å². The molecule has 1 aromatic heterocycles. The lowest BCUT2D eigenvalue weighted by Crippen LogP contribution is -2.25. The summed E-state index contributed by atoms with van der Waals surface area (Å²) in [6, 6.07) is 11.0. The van der Waals surface area contributed by atoms with E-state index in [0.717, 1.165) is 5.56 Å². The van der Waals surface area contributed by atoms with Crippen molar-refractivity contribution in [3.8, 4) is 5.75 Å². The largest absolute Gasteiger partial charge is 0.507 e.